The predicted molar refractivity (Wildman–Crippen MR) is 159 cm³/mol. The van der Waals surface area contributed by atoms with Crippen molar-refractivity contribution in [3.05, 3.63) is 101 Å². The van der Waals surface area contributed by atoms with Crippen molar-refractivity contribution in [3.63, 3.8) is 0 Å². The van der Waals surface area contributed by atoms with E-state index in [0.717, 1.165) is 11.6 Å². The number of rotatable bonds is 7. The highest BCUT2D eigenvalue weighted by atomic mass is 32.2. The number of hydrogen-bond acceptors (Lipinski definition) is 6. The number of hydrazone groups is 1. The number of nitrogens with zero attached hydrogens (tertiary/aromatic N) is 3. The number of benzene rings is 3. The average molecular weight is 605 g/mol. The molecule has 0 radical (unpaired) electrons. The summed E-state index contributed by atoms with van der Waals surface area (Å²) in [6.45, 7) is 2.53. The van der Waals surface area contributed by atoms with Gasteiger partial charge in [0.05, 0.1) is 16.0 Å². The molecular weight excluding hydrogens is 575 g/mol. The van der Waals surface area contributed by atoms with Crippen LogP contribution in [0, 0.1) is 12.7 Å². The number of hydrogen-bond donors (Lipinski definition) is 3. The number of nitrogens with one attached hydrogen (secondary N) is 3. The number of carbonyl (C=O) groups is 3. The Balaban J connectivity index is 1.50. The number of piperazine rings is 1. The number of H-pyrrole nitrogens is 1. The Kier molecular flexibility index (Phi) is 8.26. The molecule has 0 bridgehead atoms. The summed E-state index contributed by atoms with van der Waals surface area (Å²) in [4.78, 5) is 47.2. The number of halogens is 1. The zero-order chi connectivity index (χ0) is 30.7. The first kappa shape index (κ1) is 29.5. The number of amides is 3. The zero-order valence-corrected chi connectivity index (χ0v) is 24.2. The van der Waals surface area contributed by atoms with Gasteiger partial charge in [0.1, 0.15) is 5.82 Å². The Bertz CT molecular complexity index is 1830. The highest BCUT2D eigenvalue weighted by Gasteiger charge is 2.31. The van der Waals surface area contributed by atoms with Gasteiger partial charge >= 0.3 is 0 Å². The van der Waals surface area contributed by atoms with Crippen molar-refractivity contribution in [2.45, 2.75) is 11.8 Å². The highest BCUT2D eigenvalue weighted by molar-refractivity contribution is 7.89. The van der Waals surface area contributed by atoms with Gasteiger partial charge in [-0.3, -0.25) is 14.4 Å². The molecule has 11 nitrogen and oxygen atoms in total. The summed E-state index contributed by atoms with van der Waals surface area (Å²) >= 11 is 0. The summed E-state index contributed by atoms with van der Waals surface area (Å²) in [7, 11) is -2.77. The third-order valence-electron chi connectivity index (χ3n) is 7.20. The van der Waals surface area contributed by atoms with E-state index in [9.17, 15) is 22.8 Å². The van der Waals surface area contributed by atoms with E-state index in [2.05, 4.69) is 20.2 Å². The maximum absolute atomic E-state index is 15.3. The van der Waals surface area contributed by atoms with E-state index >= 15 is 4.39 Å². The summed E-state index contributed by atoms with van der Waals surface area (Å²) in [6, 6.07) is 17.2. The molecule has 1 saturated heterocycles. The van der Waals surface area contributed by atoms with Gasteiger partial charge in [0, 0.05) is 55.9 Å². The second-order valence-electron chi connectivity index (χ2n) is 9.95. The molecule has 1 fully saturated rings. The van der Waals surface area contributed by atoms with E-state index in [1.54, 1.807) is 41.3 Å². The molecule has 4 aromatic rings. The molecule has 1 aliphatic heterocycles. The lowest BCUT2D eigenvalue weighted by Gasteiger charge is -2.35. The molecule has 0 aliphatic carbocycles. The van der Waals surface area contributed by atoms with Crippen LogP contribution in [0.3, 0.4) is 0 Å². The average Bonchev–Trinajstić information content (AvgIpc) is 3.47. The molecule has 5 rings (SSSR count). The fourth-order valence-corrected chi connectivity index (χ4v) is 5.65. The minimum Gasteiger partial charge on any atom is -0.360 e. The zero-order valence-electron chi connectivity index (χ0n) is 23.4. The smallest absolute Gasteiger partial charge is 0.276 e. The van der Waals surface area contributed by atoms with Crippen molar-refractivity contribution in [1.29, 1.82) is 0 Å². The topological polar surface area (TPSA) is 144 Å². The fourth-order valence-electron chi connectivity index (χ4n) is 4.84. The van der Waals surface area contributed by atoms with Gasteiger partial charge in [0.25, 0.3) is 27.7 Å². The molecule has 13 heteroatoms. The van der Waals surface area contributed by atoms with Gasteiger partial charge in [0.15, 0.2) is 5.71 Å². The van der Waals surface area contributed by atoms with Gasteiger partial charge < -0.3 is 20.1 Å². The third kappa shape index (κ3) is 5.97. The van der Waals surface area contributed by atoms with Crippen LogP contribution in [0.4, 0.5) is 4.39 Å². The summed E-state index contributed by atoms with van der Waals surface area (Å²) in [5, 5.41) is 6.41. The Morgan fingerprint density at radius 2 is 1.53 bits per heavy atom. The van der Waals surface area contributed by atoms with Gasteiger partial charge in [-0.2, -0.15) is 18.4 Å². The molecule has 0 atom stereocenters. The molecule has 1 aromatic heterocycles. The number of carbonyl (C=O) groups excluding carboxylic acids is 3. The molecule has 1 aliphatic rings. The van der Waals surface area contributed by atoms with E-state index in [0.29, 0.717) is 5.56 Å². The van der Waals surface area contributed by atoms with Crippen molar-refractivity contribution in [2.75, 3.05) is 33.2 Å². The first-order chi connectivity index (χ1) is 20.6. The normalized spacial score (nSPS) is 14.1. The van der Waals surface area contributed by atoms with Crippen LogP contribution in [-0.4, -0.2) is 79.9 Å². The third-order valence-corrected chi connectivity index (χ3v) is 8.42. The Morgan fingerprint density at radius 3 is 2.19 bits per heavy atom. The van der Waals surface area contributed by atoms with Gasteiger partial charge in [-0.15, -0.1) is 0 Å². The van der Waals surface area contributed by atoms with E-state index in [1.807, 2.05) is 13.0 Å². The standard InChI is InChI=1S/C30H29FN6O5S/c1-19-8-10-21(11-9-19)43(41,42)35-34-27(23-18-33-26-22(28(38)32-2)12-13-24(31)25(23)26)30(40)37-16-14-36(15-17-37)29(39)20-6-4-3-5-7-20/h3-13,18,33,35H,14-17H2,1-2H3,(H,32,38)/b34-27-. The van der Waals surface area contributed by atoms with Crippen molar-refractivity contribution in [2.24, 2.45) is 5.10 Å². The van der Waals surface area contributed by atoms with Gasteiger partial charge in [-0.05, 0) is 43.3 Å². The van der Waals surface area contributed by atoms with Crippen LogP contribution in [0.15, 0.2) is 82.9 Å². The van der Waals surface area contributed by atoms with Crippen LogP contribution in [0.25, 0.3) is 10.9 Å². The minimum absolute atomic E-state index is 0.0300. The highest BCUT2D eigenvalue weighted by Crippen LogP contribution is 2.27. The molecule has 3 aromatic carbocycles. The molecule has 2 heterocycles. The van der Waals surface area contributed by atoms with Crippen LogP contribution in [-0.2, 0) is 14.8 Å². The SMILES string of the molecule is CNC(=O)c1ccc(F)c2c(/C(=N/NS(=O)(=O)c3ccc(C)cc3)C(=O)N3CCN(C(=O)c4ccccc4)CC3)c[nH]c12. The van der Waals surface area contributed by atoms with Crippen LogP contribution in [0.1, 0.15) is 31.8 Å². The van der Waals surface area contributed by atoms with E-state index in [-0.39, 0.29) is 64.7 Å². The summed E-state index contributed by atoms with van der Waals surface area (Å²) in [6.07, 6.45) is 1.31. The molecule has 3 N–H and O–H groups in total. The van der Waals surface area contributed by atoms with Crippen LogP contribution in [0.2, 0.25) is 0 Å². The molecule has 222 valence electrons. The van der Waals surface area contributed by atoms with Crippen LogP contribution < -0.4 is 10.1 Å². The molecule has 0 spiro atoms. The lowest BCUT2D eigenvalue weighted by atomic mass is 10.0. The Hall–Kier alpha value is -5.04. The largest absolute Gasteiger partial charge is 0.360 e. The quantitative estimate of drug-likeness (QED) is 0.220. The van der Waals surface area contributed by atoms with E-state index in [1.165, 1.54) is 36.3 Å². The minimum atomic E-state index is -4.20. The predicted octanol–water partition coefficient (Wildman–Crippen LogP) is 2.64. The number of sulfonamides is 1. The number of fused-ring (bicyclic) bond motifs is 1. The van der Waals surface area contributed by atoms with Gasteiger partial charge in [-0.25, -0.2) is 4.39 Å². The van der Waals surface area contributed by atoms with Crippen molar-refractivity contribution >= 4 is 44.4 Å². The number of aromatic nitrogens is 1. The van der Waals surface area contributed by atoms with Crippen molar-refractivity contribution in [1.82, 2.24) is 24.9 Å². The molecule has 0 unspecified atom stereocenters. The Morgan fingerprint density at radius 1 is 0.884 bits per heavy atom. The van der Waals surface area contributed by atoms with Gasteiger partial charge in [0.2, 0.25) is 0 Å². The second-order valence-corrected chi connectivity index (χ2v) is 11.6. The van der Waals surface area contributed by atoms with E-state index in [4.69, 9.17) is 0 Å². The lowest BCUT2D eigenvalue weighted by Crippen LogP contribution is -2.52. The molecule has 0 saturated carbocycles. The lowest BCUT2D eigenvalue weighted by molar-refractivity contribution is -0.125. The van der Waals surface area contributed by atoms with Crippen LogP contribution in [0.5, 0.6) is 0 Å². The van der Waals surface area contributed by atoms with Crippen molar-refractivity contribution in [3.8, 4) is 0 Å². The van der Waals surface area contributed by atoms with E-state index < -0.39 is 27.7 Å². The number of aromatic amines is 1. The first-order valence-electron chi connectivity index (χ1n) is 13.4. The summed E-state index contributed by atoms with van der Waals surface area (Å²) < 4.78 is 41.4. The molecular formula is C30H29FN6O5S. The fraction of sp³-hybridized carbons (Fsp3) is 0.200. The first-order valence-corrected chi connectivity index (χ1v) is 14.9. The second kappa shape index (κ2) is 12.1. The number of aryl methyl sites for hydroxylation is 1. The maximum atomic E-state index is 15.3. The van der Waals surface area contributed by atoms with Gasteiger partial charge in [-0.1, -0.05) is 35.9 Å². The molecule has 43 heavy (non-hydrogen) atoms. The van der Waals surface area contributed by atoms with Crippen molar-refractivity contribution < 1.29 is 27.2 Å². The summed E-state index contributed by atoms with van der Waals surface area (Å²) in [5.74, 6) is -2.07. The summed E-state index contributed by atoms with van der Waals surface area (Å²) in [5.41, 5.74) is 1.22. The maximum Gasteiger partial charge on any atom is 0.276 e. The Labute approximate surface area is 247 Å². The molecule has 3 amide bonds. The van der Waals surface area contributed by atoms with Crippen LogP contribution >= 0.6 is 0 Å². The monoisotopic (exact) mass is 604 g/mol.